The van der Waals surface area contributed by atoms with Crippen LogP contribution < -0.4 is 4.31 Å². The highest BCUT2D eigenvalue weighted by Crippen LogP contribution is 2.29. The van der Waals surface area contributed by atoms with Crippen LogP contribution in [0, 0.1) is 13.8 Å². The highest BCUT2D eigenvalue weighted by atomic mass is 32.2. The van der Waals surface area contributed by atoms with Gasteiger partial charge in [-0.1, -0.05) is 54.1 Å². The average molecular weight is 365 g/mol. The number of sulfonamides is 1. The number of anilines is 1. The number of hydrogen-bond donors (Lipinski definition) is 0. The molecule has 0 N–H and O–H groups in total. The second kappa shape index (κ2) is 7.14. The number of aryl methyl sites for hydroxylation is 2. The van der Waals surface area contributed by atoms with Crippen LogP contribution in [0.25, 0.3) is 0 Å². The third-order valence-electron chi connectivity index (χ3n) is 4.06. The number of carbonyl (C=O) groups is 1. The lowest BCUT2D eigenvalue weighted by molar-refractivity contribution is 0.100. The van der Waals surface area contributed by atoms with Crippen LogP contribution in [0.4, 0.5) is 5.69 Å². The summed E-state index contributed by atoms with van der Waals surface area (Å²) < 4.78 is 27.5. The largest absolute Gasteiger partial charge is 0.272 e. The van der Waals surface area contributed by atoms with Crippen LogP contribution in [0.2, 0.25) is 0 Å². The minimum absolute atomic E-state index is 0.0734. The number of rotatable bonds is 4. The Morgan fingerprint density at radius 2 is 1.38 bits per heavy atom. The summed E-state index contributed by atoms with van der Waals surface area (Å²) in [4.78, 5) is 13.2. The van der Waals surface area contributed by atoms with Crippen molar-refractivity contribution in [1.29, 1.82) is 0 Å². The molecule has 5 heteroatoms. The minimum atomic E-state index is -4.05. The fourth-order valence-corrected chi connectivity index (χ4v) is 4.28. The van der Waals surface area contributed by atoms with Crippen molar-refractivity contribution >= 4 is 21.6 Å². The van der Waals surface area contributed by atoms with E-state index in [2.05, 4.69) is 0 Å². The normalized spacial score (nSPS) is 11.2. The van der Waals surface area contributed by atoms with Crippen molar-refractivity contribution in [2.24, 2.45) is 0 Å². The lowest BCUT2D eigenvalue weighted by Crippen LogP contribution is -2.37. The first kappa shape index (κ1) is 17.9. The molecule has 0 radical (unpaired) electrons. The molecule has 0 aromatic heterocycles. The fourth-order valence-electron chi connectivity index (χ4n) is 2.78. The Kier molecular flexibility index (Phi) is 4.91. The molecule has 0 atom stereocenters. The van der Waals surface area contributed by atoms with Crippen LogP contribution in [0.3, 0.4) is 0 Å². The van der Waals surface area contributed by atoms with Crippen molar-refractivity contribution in [2.45, 2.75) is 18.7 Å². The van der Waals surface area contributed by atoms with E-state index in [9.17, 15) is 13.2 Å². The molecule has 3 rings (SSSR count). The molecule has 132 valence electrons. The molecule has 0 bridgehead atoms. The van der Waals surface area contributed by atoms with Gasteiger partial charge < -0.3 is 0 Å². The second-order valence-electron chi connectivity index (χ2n) is 6.04. The van der Waals surface area contributed by atoms with E-state index >= 15 is 0 Å². The predicted molar refractivity (Wildman–Crippen MR) is 103 cm³/mol. The SMILES string of the molecule is Cc1ccc(N(C(=O)c2ccccc2)S(=O)(=O)c2ccccc2)c(C)c1. The van der Waals surface area contributed by atoms with Gasteiger partial charge in [0, 0.05) is 5.56 Å². The lowest BCUT2D eigenvalue weighted by atomic mass is 10.1. The van der Waals surface area contributed by atoms with Gasteiger partial charge in [-0.25, -0.2) is 8.42 Å². The molecule has 0 aliphatic carbocycles. The maximum absolute atomic E-state index is 13.3. The van der Waals surface area contributed by atoms with E-state index in [0.29, 0.717) is 16.8 Å². The van der Waals surface area contributed by atoms with E-state index in [0.717, 1.165) is 9.87 Å². The van der Waals surface area contributed by atoms with Crippen molar-refractivity contribution in [3.8, 4) is 0 Å². The fraction of sp³-hybridized carbons (Fsp3) is 0.0952. The quantitative estimate of drug-likeness (QED) is 0.691. The molecule has 0 unspecified atom stereocenters. The molecule has 0 spiro atoms. The first-order valence-corrected chi connectivity index (χ1v) is 9.62. The van der Waals surface area contributed by atoms with Crippen LogP contribution in [0.1, 0.15) is 21.5 Å². The van der Waals surface area contributed by atoms with E-state index in [1.807, 2.05) is 13.0 Å². The third kappa shape index (κ3) is 3.39. The maximum Gasteiger partial charge on any atom is 0.272 e. The third-order valence-corrected chi connectivity index (χ3v) is 5.77. The summed E-state index contributed by atoms with van der Waals surface area (Å²) in [5.41, 5.74) is 2.38. The van der Waals surface area contributed by atoms with E-state index in [-0.39, 0.29) is 4.90 Å². The van der Waals surface area contributed by atoms with E-state index in [4.69, 9.17) is 0 Å². The zero-order valence-corrected chi connectivity index (χ0v) is 15.4. The Hall–Kier alpha value is -2.92. The molecule has 0 aliphatic rings. The van der Waals surface area contributed by atoms with Crippen molar-refractivity contribution in [3.05, 3.63) is 95.6 Å². The molecular weight excluding hydrogens is 346 g/mol. The summed E-state index contributed by atoms with van der Waals surface area (Å²) in [7, 11) is -4.05. The van der Waals surface area contributed by atoms with Gasteiger partial charge in [0.05, 0.1) is 10.6 Å². The molecule has 0 heterocycles. The molecule has 0 saturated heterocycles. The smallest absolute Gasteiger partial charge is 0.268 e. The Morgan fingerprint density at radius 3 is 1.96 bits per heavy atom. The summed E-state index contributed by atoms with van der Waals surface area (Å²) >= 11 is 0. The van der Waals surface area contributed by atoms with Crippen LogP contribution in [-0.4, -0.2) is 14.3 Å². The van der Waals surface area contributed by atoms with Gasteiger partial charge in [0.15, 0.2) is 0 Å². The van der Waals surface area contributed by atoms with Crippen LogP contribution in [0.5, 0.6) is 0 Å². The molecule has 1 amide bonds. The Morgan fingerprint density at radius 1 is 0.808 bits per heavy atom. The lowest BCUT2D eigenvalue weighted by Gasteiger charge is -2.24. The maximum atomic E-state index is 13.3. The first-order valence-electron chi connectivity index (χ1n) is 8.18. The summed E-state index contributed by atoms with van der Waals surface area (Å²) in [6, 6.07) is 21.8. The first-order chi connectivity index (χ1) is 12.4. The molecule has 3 aromatic carbocycles. The van der Waals surface area contributed by atoms with E-state index < -0.39 is 15.9 Å². The number of hydrogen-bond acceptors (Lipinski definition) is 3. The molecule has 0 fully saturated rings. The zero-order valence-electron chi connectivity index (χ0n) is 14.6. The average Bonchev–Trinajstić information content (AvgIpc) is 2.65. The summed E-state index contributed by atoms with van der Waals surface area (Å²) in [5, 5.41) is 0. The summed E-state index contributed by atoms with van der Waals surface area (Å²) in [5.74, 6) is -0.582. The highest BCUT2D eigenvalue weighted by molar-refractivity contribution is 7.93. The monoisotopic (exact) mass is 365 g/mol. The number of carbonyl (C=O) groups excluding carboxylic acids is 1. The topological polar surface area (TPSA) is 54.5 Å². The van der Waals surface area contributed by atoms with Crippen LogP contribution in [-0.2, 0) is 10.0 Å². The van der Waals surface area contributed by atoms with Crippen molar-refractivity contribution in [3.63, 3.8) is 0 Å². The van der Waals surface area contributed by atoms with Gasteiger partial charge in [-0.05, 0) is 49.7 Å². The van der Waals surface area contributed by atoms with Crippen molar-refractivity contribution in [1.82, 2.24) is 0 Å². The van der Waals surface area contributed by atoms with Crippen LogP contribution in [0.15, 0.2) is 83.8 Å². The van der Waals surface area contributed by atoms with Gasteiger partial charge in [0.25, 0.3) is 15.9 Å². The van der Waals surface area contributed by atoms with Gasteiger partial charge in [-0.3, -0.25) is 4.79 Å². The number of nitrogens with zero attached hydrogens (tertiary/aromatic N) is 1. The summed E-state index contributed by atoms with van der Waals surface area (Å²) in [6.07, 6.45) is 0. The zero-order chi connectivity index (χ0) is 18.7. The Bertz CT molecular complexity index is 1030. The molecule has 0 aliphatic heterocycles. The van der Waals surface area contributed by atoms with Gasteiger partial charge in [0.1, 0.15) is 0 Å². The standard InChI is InChI=1S/C21H19NO3S/c1-16-13-14-20(17(2)15-16)22(21(23)18-9-5-3-6-10-18)26(24,25)19-11-7-4-8-12-19/h3-15H,1-2H3. The molecule has 26 heavy (non-hydrogen) atoms. The van der Waals surface area contributed by atoms with Gasteiger partial charge in [-0.2, -0.15) is 4.31 Å². The van der Waals surface area contributed by atoms with Crippen molar-refractivity contribution < 1.29 is 13.2 Å². The highest BCUT2D eigenvalue weighted by Gasteiger charge is 2.32. The van der Waals surface area contributed by atoms with Crippen LogP contribution >= 0.6 is 0 Å². The van der Waals surface area contributed by atoms with Crippen molar-refractivity contribution in [2.75, 3.05) is 4.31 Å². The minimum Gasteiger partial charge on any atom is -0.268 e. The molecule has 4 nitrogen and oxygen atoms in total. The molecular formula is C21H19NO3S. The number of benzene rings is 3. The predicted octanol–water partition coefficient (Wildman–Crippen LogP) is 4.34. The molecule has 0 saturated carbocycles. The summed E-state index contributed by atoms with van der Waals surface area (Å²) in [6.45, 7) is 3.72. The Labute approximate surface area is 153 Å². The van der Waals surface area contributed by atoms with Gasteiger partial charge >= 0.3 is 0 Å². The van der Waals surface area contributed by atoms with Gasteiger partial charge in [0.2, 0.25) is 0 Å². The number of amides is 1. The molecule has 3 aromatic rings. The Balaban J connectivity index is 2.21. The van der Waals surface area contributed by atoms with Gasteiger partial charge in [-0.15, -0.1) is 0 Å². The van der Waals surface area contributed by atoms with E-state index in [1.54, 1.807) is 67.6 Å². The second-order valence-corrected chi connectivity index (χ2v) is 7.83. The van der Waals surface area contributed by atoms with E-state index in [1.165, 1.54) is 12.1 Å².